The van der Waals surface area contributed by atoms with Gasteiger partial charge in [0, 0.05) is 16.4 Å². The first-order valence-electron chi connectivity index (χ1n) is 6.21. The van der Waals surface area contributed by atoms with Gasteiger partial charge in [0.25, 0.3) is 0 Å². The zero-order chi connectivity index (χ0) is 15.8. The zero-order valence-corrected chi connectivity index (χ0v) is 15.0. The van der Waals surface area contributed by atoms with Crippen LogP contribution in [0.2, 0.25) is 0 Å². The van der Waals surface area contributed by atoms with Crippen LogP contribution in [0, 0.1) is 5.82 Å². The minimum Gasteiger partial charge on any atom is -0.389 e. The molecule has 0 fully saturated rings. The quantitative estimate of drug-likeness (QED) is 0.747. The average molecular weight is 388 g/mol. The van der Waals surface area contributed by atoms with Crippen molar-refractivity contribution in [3.63, 3.8) is 0 Å². The number of nitrogens with two attached hydrogens (primary N) is 1. The maximum atomic E-state index is 14.3. The number of nitrogens with zero attached hydrogens (tertiary/aromatic N) is 1. The van der Waals surface area contributed by atoms with E-state index in [1.54, 1.807) is 12.1 Å². The minimum absolute atomic E-state index is 0.0366. The molecule has 1 heterocycles. The number of hydrogen-bond acceptors (Lipinski definition) is 4. The number of aromatic nitrogens is 1. The summed E-state index contributed by atoms with van der Waals surface area (Å²) in [6.07, 6.45) is 0. The summed E-state index contributed by atoms with van der Waals surface area (Å²) in [4.78, 5) is 4.63. The molecule has 0 saturated heterocycles. The first-order valence-corrected chi connectivity index (χ1v) is 8.29. The van der Waals surface area contributed by atoms with Gasteiger partial charge in [-0.1, -0.05) is 33.0 Å². The van der Waals surface area contributed by atoms with Crippen LogP contribution >= 0.6 is 39.5 Å². The van der Waals surface area contributed by atoms with Gasteiger partial charge in [-0.25, -0.2) is 9.37 Å². The normalized spacial score (nSPS) is 11.5. The highest BCUT2D eigenvalue weighted by Crippen LogP contribution is 2.32. The average Bonchev–Trinajstić information content (AvgIpc) is 2.83. The summed E-state index contributed by atoms with van der Waals surface area (Å²) in [5.74, 6) is -0.437. The van der Waals surface area contributed by atoms with Gasteiger partial charge in [-0.15, -0.1) is 11.3 Å². The third-order valence-corrected chi connectivity index (χ3v) is 4.61. The van der Waals surface area contributed by atoms with Crippen molar-refractivity contribution in [2.45, 2.75) is 26.2 Å². The van der Waals surface area contributed by atoms with E-state index < -0.39 is 5.82 Å². The summed E-state index contributed by atoms with van der Waals surface area (Å²) in [6, 6.07) is 3.28. The molecule has 3 N–H and O–H groups in total. The standard InChI is InChI=1S/C14H15BrFN3S2/c1-14(2,3)9-6-21-13(19-9)18-8-5-4-7(12(17)20)10(15)11(8)16/h4-6H,1-3H3,(H2,17,20)(H,18,19). The highest BCUT2D eigenvalue weighted by atomic mass is 79.9. The molecule has 0 saturated carbocycles. The monoisotopic (exact) mass is 387 g/mol. The molecule has 2 aromatic rings. The zero-order valence-electron chi connectivity index (χ0n) is 11.8. The van der Waals surface area contributed by atoms with E-state index in [0.29, 0.717) is 16.4 Å². The molecule has 0 atom stereocenters. The van der Waals surface area contributed by atoms with Gasteiger partial charge in [-0.05, 0) is 28.1 Å². The minimum atomic E-state index is -0.437. The second-order valence-electron chi connectivity index (χ2n) is 5.57. The number of halogens is 2. The fraction of sp³-hybridized carbons (Fsp3) is 0.286. The first-order chi connectivity index (χ1) is 9.70. The Balaban J connectivity index is 2.30. The van der Waals surface area contributed by atoms with Gasteiger partial charge in [-0.3, -0.25) is 0 Å². The van der Waals surface area contributed by atoms with Crippen LogP contribution in [-0.4, -0.2) is 9.97 Å². The van der Waals surface area contributed by atoms with Crippen LogP contribution in [0.15, 0.2) is 22.0 Å². The van der Waals surface area contributed by atoms with Crippen LogP contribution in [-0.2, 0) is 5.41 Å². The number of anilines is 2. The Hall–Kier alpha value is -1.05. The summed E-state index contributed by atoms with van der Waals surface area (Å²) >= 11 is 9.50. The molecule has 2 rings (SSSR count). The highest BCUT2D eigenvalue weighted by Gasteiger charge is 2.18. The molecule has 3 nitrogen and oxygen atoms in total. The summed E-state index contributed by atoms with van der Waals surface area (Å²) in [5, 5.41) is 5.61. The summed E-state index contributed by atoms with van der Waals surface area (Å²) in [7, 11) is 0. The summed E-state index contributed by atoms with van der Waals surface area (Å²) in [6.45, 7) is 6.25. The van der Waals surface area contributed by atoms with Gasteiger partial charge in [0.15, 0.2) is 10.9 Å². The highest BCUT2D eigenvalue weighted by molar-refractivity contribution is 9.10. The molecule has 0 radical (unpaired) electrons. The van der Waals surface area contributed by atoms with Crippen molar-refractivity contribution in [2.75, 3.05) is 5.32 Å². The SMILES string of the molecule is CC(C)(C)c1csc(Nc2ccc(C(N)=S)c(Br)c2F)n1. The number of benzene rings is 1. The Kier molecular flexibility index (Phi) is 4.65. The predicted octanol–water partition coefficient (Wildman–Crippen LogP) is 4.72. The van der Waals surface area contributed by atoms with Crippen LogP contribution in [0.25, 0.3) is 0 Å². The van der Waals surface area contributed by atoms with Crippen LogP contribution in [0.4, 0.5) is 15.2 Å². The van der Waals surface area contributed by atoms with Crippen molar-refractivity contribution in [2.24, 2.45) is 5.73 Å². The van der Waals surface area contributed by atoms with Gasteiger partial charge in [0.05, 0.1) is 15.9 Å². The van der Waals surface area contributed by atoms with Crippen molar-refractivity contribution in [3.8, 4) is 0 Å². The van der Waals surface area contributed by atoms with Crippen molar-refractivity contribution in [3.05, 3.63) is 39.1 Å². The first kappa shape index (κ1) is 16.3. The van der Waals surface area contributed by atoms with E-state index in [4.69, 9.17) is 18.0 Å². The number of rotatable bonds is 3. The molecule has 1 aromatic heterocycles. The molecule has 1 aromatic carbocycles. The van der Waals surface area contributed by atoms with Gasteiger partial charge in [0.1, 0.15) is 4.99 Å². The van der Waals surface area contributed by atoms with Gasteiger partial charge < -0.3 is 11.1 Å². The van der Waals surface area contributed by atoms with Gasteiger partial charge in [-0.2, -0.15) is 0 Å². The molecule has 7 heteroatoms. The lowest BCUT2D eigenvalue weighted by Crippen LogP contribution is -2.12. The van der Waals surface area contributed by atoms with E-state index in [9.17, 15) is 4.39 Å². The Bertz CT molecular complexity index is 692. The lowest BCUT2D eigenvalue weighted by Gasteiger charge is -2.14. The molecule has 21 heavy (non-hydrogen) atoms. The van der Waals surface area contributed by atoms with E-state index >= 15 is 0 Å². The maximum Gasteiger partial charge on any atom is 0.187 e. The van der Waals surface area contributed by atoms with Crippen LogP contribution in [0.5, 0.6) is 0 Å². The Morgan fingerprint density at radius 2 is 2.10 bits per heavy atom. The molecule has 0 aliphatic rings. The largest absolute Gasteiger partial charge is 0.389 e. The fourth-order valence-corrected chi connectivity index (χ4v) is 3.44. The predicted molar refractivity (Wildman–Crippen MR) is 94.1 cm³/mol. The van der Waals surface area contributed by atoms with Crippen molar-refractivity contribution in [1.29, 1.82) is 0 Å². The van der Waals surface area contributed by atoms with Crippen molar-refractivity contribution in [1.82, 2.24) is 4.98 Å². The topological polar surface area (TPSA) is 50.9 Å². The fourth-order valence-electron chi connectivity index (χ4n) is 1.63. The van der Waals surface area contributed by atoms with E-state index in [1.165, 1.54) is 11.3 Å². The second-order valence-corrected chi connectivity index (χ2v) is 7.66. The maximum absolute atomic E-state index is 14.3. The lowest BCUT2D eigenvalue weighted by molar-refractivity contribution is 0.573. The van der Waals surface area contributed by atoms with E-state index in [2.05, 4.69) is 47.0 Å². The van der Waals surface area contributed by atoms with Gasteiger partial charge in [0.2, 0.25) is 0 Å². The van der Waals surface area contributed by atoms with E-state index in [-0.39, 0.29) is 14.9 Å². The van der Waals surface area contributed by atoms with E-state index in [0.717, 1.165) is 5.69 Å². The second kappa shape index (κ2) is 5.98. The van der Waals surface area contributed by atoms with Crippen LogP contribution in [0.3, 0.4) is 0 Å². The molecule has 0 aliphatic heterocycles. The van der Waals surface area contributed by atoms with Gasteiger partial charge >= 0.3 is 0 Å². The number of nitrogens with one attached hydrogen (secondary N) is 1. The van der Waals surface area contributed by atoms with Crippen LogP contribution in [0.1, 0.15) is 32.0 Å². The Labute approximate surface area is 140 Å². The smallest absolute Gasteiger partial charge is 0.187 e. The molecule has 0 spiro atoms. The molecule has 0 unspecified atom stereocenters. The molecule has 0 amide bonds. The van der Waals surface area contributed by atoms with Crippen molar-refractivity contribution >= 4 is 55.3 Å². The van der Waals surface area contributed by atoms with Crippen molar-refractivity contribution < 1.29 is 4.39 Å². The molecular formula is C14H15BrFN3S2. The number of hydrogen-bond donors (Lipinski definition) is 2. The lowest BCUT2D eigenvalue weighted by atomic mass is 9.93. The molecule has 112 valence electrons. The molecule has 0 bridgehead atoms. The molecule has 0 aliphatic carbocycles. The Morgan fingerprint density at radius 3 is 2.62 bits per heavy atom. The number of thiazole rings is 1. The summed E-state index contributed by atoms with van der Waals surface area (Å²) < 4.78 is 14.6. The molecular weight excluding hydrogens is 373 g/mol. The summed E-state index contributed by atoms with van der Waals surface area (Å²) in [5.41, 5.74) is 7.28. The van der Waals surface area contributed by atoms with Crippen LogP contribution < -0.4 is 11.1 Å². The van der Waals surface area contributed by atoms with E-state index in [1.807, 2.05) is 5.38 Å². The Morgan fingerprint density at radius 1 is 1.43 bits per heavy atom. The third-order valence-electron chi connectivity index (χ3n) is 2.86. The third kappa shape index (κ3) is 3.59. The number of thiocarbonyl (C=S) groups is 1.